The first kappa shape index (κ1) is 9.68. The van der Waals surface area contributed by atoms with E-state index >= 15 is 0 Å². The van der Waals surface area contributed by atoms with E-state index in [2.05, 4.69) is 12.3 Å². The Morgan fingerprint density at radius 3 is 1.75 bits per heavy atom. The highest BCUT2D eigenvalue weighted by Gasteiger charge is 1.09. The van der Waals surface area contributed by atoms with Gasteiger partial charge >= 0.3 is 0 Å². The number of hydrogen-bond donors (Lipinski definition) is 0. The predicted molar refractivity (Wildman–Crippen MR) is 16.6 cm³/mol. The van der Waals surface area contributed by atoms with E-state index < -0.39 is 0 Å². The topological polar surface area (TPSA) is 30.5 Å². The third-order valence-electron chi connectivity index (χ3n) is 0. The fourth-order valence-corrected chi connectivity index (χ4v) is 0. The van der Waals surface area contributed by atoms with Crippen LogP contribution in [0.5, 0.6) is 0 Å². The van der Waals surface area contributed by atoms with Gasteiger partial charge in [-0.25, -0.2) is 0 Å². The molecule has 0 heterocycles. The van der Waals surface area contributed by atoms with Gasteiger partial charge in [-0.3, -0.25) is 0 Å². The van der Waals surface area contributed by atoms with Crippen LogP contribution in [0.2, 0.25) is 0 Å². The number of rotatable bonds is 0. The molecule has 0 amide bonds. The molecule has 1 heteroatoms. The lowest BCUT2D eigenvalue weighted by Crippen LogP contribution is -1.10. The summed E-state index contributed by atoms with van der Waals surface area (Å²) in [7, 11) is 0. The van der Waals surface area contributed by atoms with Gasteiger partial charge < -0.3 is 0 Å². The summed E-state index contributed by atoms with van der Waals surface area (Å²) in [5.74, 6) is 2.25. The Morgan fingerprint density at radius 1 is 1.75 bits per heavy atom. The summed E-state index contributed by atoms with van der Waals surface area (Å²) >= 11 is 0. The van der Waals surface area contributed by atoms with Crippen LogP contribution in [0.1, 0.15) is 6.92 Å². The lowest BCUT2D eigenvalue weighted by atomic mass is 10.9. The van der Waals surface area contributed by atoms with E-state index in [0.717, 1.165) is 0 Å². The molecule has 0 rings (SSSR count). The molecule has 0 N–H and O–H groups in total. The van der Waals surface area contributed by atoms with Crippen molar-refractivity contribution in [3.63, 3.8) is 0 Å². The predicted octanol–water partition coefficient (Wildman–Crippen LogP) is 0.159. The molecule has 1 nitrogen and oxygen atoms in total. The minimum Gasteiger partial charge on any atom is -0.120 e. The summed E-state index contributed by atoms with van der Waals surface area (Å²) < 4.78 is 0. The Bertz CT molecular complexity index is 24.8. The second-order valence-corrected chi connectivity index (χ2v) is 0.289. The Balaban J connectivity index is 0. The van der Waals surface area contributed by atoms with Crippen LogP contribution < -0.4 is 6.15 Å². The molecule has 0 aromatic rings. The Labute approximate surface area is 26.6 Å². The summed E-state index contributed by atoms with van der Waals surface area (Å²) in [4.78, 5) is 0. The number of hydrogen-bond acceptors (Lipinski definition) is 0. The Hall–Kier alpha value is -0.480. The van der Waals surface area contributed by atoms with Crippen molar-refractivity contribution in [2.24, 2.45) is 0 Å². The van der Waals surface area contributed by atoms with Crippen LogP contribution in [0.25, 0.3) is 0 Å². The van der Waals surface area contributed by atoms with Gasteiger partial charge in [0.2, 0.25) is 0 Å². The van der Waals surface area contributed by atoms with E-state index in [-0.39, 0.29) is 6.15 Å². The fourth-order valence-electron chi connectivity index (χ4n) is 0. The first-order valence-electron chi connectivity index (χ1n) is 0.789. The molecule has 0 saturated heterocycles. The third kappa shape index (κ3) is 1.78. The van der Waals surface area contributed by atoms with Gasteiger partial charge in [-0.15, -0.1) is 12.3 Å². The first-order valence-corrected chi connectivity index (χ1v) is 0.789. The third-order valence-corrected chi connectivity index (χ3v) is 0. The lowest BCUT2D eigenvalue weighted by molar-refractivity contribution is 1.94. The summed E-state index contributed by atoms with van der Waals surface area (Å²) in [6.07, 6.45) is 4.60. The molecule has 0 unspecified atom stereocenters. The minimum atomic E-state index is 0. The molecular formula is C3H4N. The van der Waals surface area contributed by atoms with E-state index in [0.29, 0.717) is 0 Å². The molecule has 0 atom stereocenters. The number of nitrogens with zero attached hydrogens (tertiary/aromatic N) is 1. The highest BCUT2D eigenvalue weighted by Crippen LogP contribution is 1.21. The van der Waals surface area contributed by atoms with Gasteiger partial charge in [-0.05, 0) is 6.92 Å². The van der Waals surface area contributed by atoms with Crippen LogP contribution in [0, 0.1) is 12.3 Å². The van der Waals surface area contributed by atoms with Crippen molar-refractivity contribution < 1.29 is 0 Å². The van der Waals surface area contributed by atoms with E-state index in [4.69, 9.17) is 0 Å². The maximum atomic E-state index is 4.60. The molecule has 0 spiro atoms. The Kier molecular flexibility index (Phi) is 52.1. The highest BCUT2D eigenvalue weighted by atomic mass is 14.0. The van der Waals surface area contributed by atoms with Gasteiger partial charge in [-0.2, -0.15) is 0 Å². The van der Waals surface area contributed by atoms with Gasteiger partial charge in [-0.1, -0.05) is 0 Å². The lowest BCUT2D eigenvalue weighted by Gasteiger charge is -1.23. The van der Waals surface area contributed by atoms with Gasteiger partial charge in [0.15, 0.2) is 0 Å². The van der Waals surface area contributed by atoms with E-state index in [1.54, 1.807) is 6.92 Å². The van der Waals surface area contributed by atoms with Crippen molar-refractivity contribution >= 4 is 0 Å². The zero-order valence-electron chi connectivity index (χ0n) is 2.52. The largest absolute Gasteiger partial charge is 0.120 e. The smallest absolute Gasteiger partial charge is 0 e. The second kappa shape index (κ2) is 21.5. The molecule has 21 valence electrons. The average Bonchev–Trinajstić information content (AvgIpc) is 0.918. The van der Waals surface area contributed by atoms with Crippen LogP contribution in [0.15, 0.2) is 0 Å². The van der Waals surface area contributed by atoms with Crippen molar-refractivity contribution in [3.8, 4) is 12.3 Å². The number of terminal acetylenes is 1. The average molecular weight is 54.1 g/mol. The molecule has 0 aromatic heterocycles. The van der Waals surface area contributed by atoms with Gasteiger partial charge in [0.05, 0.1) is 0 Å². The molecule has 0 aromatic carbocycles. The van der Waals surface area contributed by atoms with Gasteiger partial charge in [0.1, 0.15) is 0 Å². The van der Waals surface area contributed by atoms with Crippen molar-refractivity contribution in [1.29, 1.82) is 0 Å². The summed E-state index contributed by atoms with van der Waals surface area (Å²) in [5.41, 5.74) is 0. The molecule has 0 fully saturated rings. The van der Waals surface area contributed by atoms with Crippen LogP contribution in [-0.4, -0.2) is 0 Å². The van der Waals surface area contributed by atoms with Gasteiger partial charge in [0.25, 0.3) is 0 Å². The minimum absolute atomic E-state index is 0. The first-order chi connectivity index (χ1) is 1.41. The zero-order chi connectivity index (χ0) is 2.71. The molecule has 0 saturated carbocycles. The van der Waals surface area contributed by atoms with E-state index in [1.807, 2.05) is 0 Å². The van der Waals surface area contributed by atoms with Crippen LogP contribution >= 0.6 is 0 Å². The zero-order valence-corrected chi connectivity index (χ0v) is 2.52. The molecule has 3 radical (unpaired) electrons. The van der Waals surface area contributed by atoms with Crippen molar-refractivity contribution in [3.05, 3.63) is 0 Å². The normalized spacial score (nSPS) is 2.00. The fraction of sp³-hybridized carbons (Fsp3) is 0.333. The van der Waals surface area contributed by atoms with Crippen molar-refractivity contribution in [2.45, 2.75) is 6.92 Å². The highest BCUT2D eigenvalue weighted by molar-refractivity contribution is 4.73. The molecule has 0 aliphatic carbocycles. The van der Waals surface area contributed by atoms with E-state index in [9.17, 15) is 0 Å². The molecule has 0 aliphatic heterocycles. The molecule has 4 heavy (non-hydrogen) atoms. The molecule has 0 bridgehead atoms. The summed E-state index contributed by atoms with van der Waals surface area (Å²) in [6.45, 7) is 1.65. The Morgan fingerprint density at radius 2 is 1.75 bits per heavy atom. The van der Waals surface area contributed by atoms with E-state index in [1.165, 1.54) is 0 Å². The maximum Gasteiger partial charge on any atom is 0 e. The quantitative estimate of drug-likeness (QED) is 0.353. The van der Waals surface area contributed by atoms with Crippen LogP contribution in [-0.2, 0) is 0 Å². The monoisotopic (exact) mass is 54.0 g/mol. The van der Waals surface area contributed by atoms with Crippen LogP contribution in [0.4, 0.5) is 0 Å². The summed E-state index contributed by atoms with van der Waals surface area (Å²) in [6, 6.07) is 0. The van der Waals surface area contributed by atoms with Crippen LogP contribution in [0.3, 0.4) is 0 Å². The maximum absolute atomic E-state index is 4.60. The van der Waals surface area contributed by atoms with Crippen molar-refractivity contribution in [1.82, 2.24) is 6.15 Å². The second-order valence-electron chi connectivity index (χ2n) is 0.289. The SMILES string of the molecule is C#CC.[N]. The van der Waals surface area contributed by atoms with Crippen molar-refractivity contribution in [2.75, 3.05) is 0 Å². The molecular weight excluding hydrogens is 50.0 g/mol. The standard InChI is InChI=1S/C3H4.N/c1-3-2;/h1H,2H3;. The van der Waals surface area contributed by atoms with Gasteiger partial charge in [0, 0.05) is 6.15 Å². The summed E-state index contributed by atoms with van der Waals surface area (Å²) in [5, 5.41) is 0. The molecule has 0 aliphatic rings.